The zero-order chi connectivity index (χ0) is 19.5. The highest BCUT2D eigenvalue weighted by Gasteiger charge is 2.24. The molecule has 5 nitrogen and oxygen atoms in total. The van der Waals surface area contributed by atoms with E-state index in [-0.39, 0.29) is 0 Å². The van der Waals surface area contributed by atoms with Gasteiger partial charge in [0.2, 0.25) is 0 Å². The van der Waals surface area contributed by atoms with Crippen LogP contribution in [0.2, 0.25) is 0 Å². The highest BCUT2D eigenvalue weighted by molar-refractivity contribution is 7.12. The van der Waals surface area contributed by atoms with Crippen LogP contribution in [0.1, 0.15) is 43.5 Å². The fourth-order valence-corrected chi connectivity index (χ4v) is 5.62. The van der Waals surface area contributed by atoms with Gasteiger partial charge >= 0.3 is 0 Å². The average Bonchev–Trinajstić information content (AvgIpc) is 3.55. The smallest absolute Gasteiger partial charge is 0.193 e. The van der Waals surface area contributed by atoms with Crippen molar-refractivity contribution >= 4 is 22.7 Å². The number of rotatable bonds is 7. The first-order chi connectivity index (χ1) is 14.4. The lowest BCUT2D eigenvalue weighted by Gasteiger charge is -2.34. The quantitative estimate of drug-likeness (QED) is 0.393. The number of nitrogens with zero attached hydrogens (tertiary/aromatic N) is 5. The standard InChI is InChI=1S/C22H25N5S2/c1-2-6-18(7-3-1)25(16-19-8-4-12-26(19)21-23-10-14-28-21)17-20-9-5-13-27(20)22-24-11-15-29-22/h4-5,8-15,18H,1-3,6-7,16-17H2. The van der Waals surface area contributed by atoms with Crippen molar-refractivity contribution in [2.75, 3.05) is 0 Å². The Morgan fingerprint density at radius 2 is 1.38 bits per heavy atom. The summed E-state index contributed by atoms with van der Waals surface area (Å²) in [6, 6.07) is 9.36. The van der Waals surface area contributed by atoms with Gasteiger partial charge in [-0.15, -0.1) is 22.7 Å². The minimum atomic E-state index is 0.628. The van der Waals surface area contributed by atoms with E-state index >= 15 is 0 Å². The second-order valence-corrected chi connectivity index (χ2v) is 9.31. The van der Waals surface area contributed by atoms with E-state index < -0.39 is 0 Å². The molecule has 0 amide bonds. The molecule has 1 fully saturated rings. The van der Waals surface area contributed by atoms with E-state index in [1.165, 1.54) is 43.5 Å². The zero-order valence-corrected chi connectivity index (χ0v) is 18.0. The third kappa shape index (κ3) is 4.08. The highest BCUT2D eigenvalue weighted by Crippen LogP contribution is 2.27. The Labute approximate surface area is 179 Å². The maximum Gasteiger partial charge on any atom is 0.193 e. The largest absolute Gasteiger partial charge is 0.296 e. The Hall–Kier alpha value is -2.22. The Bertz CT molecular complexity index is 935. The summed E-state index contributed by atoms with van der Waals surface area (Å²) in [6.45, 7) is 1.86. The van der Waals surface area contributed by atoms with E-state index in [1.54, 1.807) is 22.7 Å². The van der Waals surface area contributed by atoms with Crippen molar-refractivity contribution in [2.45, 2.75) is 51.2 Å². The Morgan fingerprint density at radius 3 is 1.86 bits per heavy atom. The van der Waals surface area contributed by atoms with Crippen LogP contribution < -0.4 is 0 Å². The first-order valence-electron chi connectivity index (χ1n) is 10.2. The van der Waals surface area contributed by atoms with Crippen LogP contribution in [0.5, 0.6) is 0 Å². The molecule has 0 atom stereocenters. The van der Waals surface area contributed by atoms with Gasteiger partial charge in [0.05, 0.1) is 0 Å². The summed E-state index contributed by atoms with van der Waals surface area (Å²) in [5.74, 6) is 0. The third-order valence-electron chi connectivity index (χ3n) is 5.74. The monoisotopic (exact) mass is 423 g/mol. The molecule has 5 rings (SSSR count). The van der Waals surface area contributed by atoms with Crippen molar-refractivity contribution in [3.8, 4) is 10.3 Å². The van der Waals surface area contributed by atoms with Crippen molar-refractivity contribution in [1.82, 2.24) is 24.0 Å². The molecule has 0 N–H and O–H groups in total. The van der Waals surface area contributed by atoms with Crippen molar-refractivity contribution in [1.29, 1.82) is 0 Å². The predicted molar refractivity (Wildman–Crippen MR) is 119 cm³/mol. The Balaban J connectivity index is 1.43. The van der Waals surface area contributed by atoms with Crippen LogP contribution in [-0.4, -0.2) is 30.0 Å². The SMILES string of the molecule is c1cc(CN(Cc2cccn2-c2nccs2)C2CCCCC2)n(-c2nccs2)c1. The van der Waals surface area contributed by atoms with Crippen LogP contribution in [0.15, 0.2) is 59.8 Å². The van der Waals surface area contributed by atoms with E-state index in [2.05, 4.69) is 60.7 Å². The van der Waals surface area contributed by atoms with Crippen LogP contribution in [0, 0.1) is 0 Å². The van der Waals surface area contributed by atoms with E-state index in [1.807, 2.05) is 23.2 Å². The van der Waals surface area contributed by atoms with Crippen LogP contribution in [0.25, 0.3) is 10.3 Å². The van der Waals surface area contributed by atoms with E-state index in [4.69, 9.17) is 0 Å². The van der Waals surface area contributed by atoms with E-state index in [0.717, 1.165) is 23.4 Å². The molecule has 1 saturated carbocycles. The molecule has 1 aliphatic carbocycles. The first kappa shape index (κ1) is 18.8. The number of hydrogen-bond acceptors (Lipinski definition) is 5. The molecule has 0 aliphatic heterocycles. The summed E-state index contributed by atoms with van der Waals surface area (Å²) < 4.78 is 4.47. The molecule has 1 aliphatic rings. The minimum absolute atomic E-state index is 0.628. The molecule has 0 radical (unpaired) electrons. The lowest BCUT2D eigenvalue weighted by Crippen LogP contribution is -2.36. The maximum atomic E-state index is 4.51. The molecular formula is C22H25N5S2. The van der Waals surface area contributed by atoms with E-state index in [9.17, 15) is 0 Å². The second kappa shape index (κ2) is 8.65. The van der Waals surface area contributed by atoms with Crippen molar-refractivity contribution in [3.63, 3.8) is 0 Å². The minimum Gasteiger partial charge on any atom is -0.296 e. The molecule has 4 aromatic heterocycles. The van der Waals surface area contributed by atoms with Crippen LogP contribution >= 0.6 is 22.7 Å². The molecule has 29 heavy (non-hydrogen) atoms. The lowest BCUT2D eigenvalue weighted by molar-refractivity contribution is 0.135. The second-order valence-electron chi connectivity index (χ2n) is 7.57. The van der Waals surface area contributed by atoms with Gasteiger partial charge in [0, 0.05) is 66.1 Å². The molecular weight excluding hydrogens is 398 g/mol. The maximum absolute atomic E-state index is 4.51. The summed E-state index contributed by atoms with van der Waals surface area (Å²) in [6.07, 6.45) is 14.6. The lowest BCUT2D eigenvalue weighted by atomic mass is 9.94. The number of hydrogen-bond donors (Lipinski definition) is 0. The number of thiazole rings is 2. The first-order valence-corrected chi connectivity index (χ1v) is 12.0. The topological polar surface area (TPSA) is 38.9 Å². The Kier molecular flexibility index (Phi) is 5.60. The van der Waals surface area contributed by atoms with Crippen LogP contribution in [-0.2, 0) is 13.1 Å². The summed E-state index contributed by atoms with van der Waals surface area (Å²) in [5, 5.41) is 6.16. The molecule has 0 spiro atoms. The normalized spacial score (nSPS) is 15.3. The predicted octanol–water partition coefficient (Wildman–Crippen LogP) is 5.52. The van der Waals surface area contributed by atoms with Crippen LogP contribution in [0.3, 0.4) is 0 Å². The molecule has 4 aromatic rings. The average molecular weight is 424 g/mol. The van der Waals surface area contributed by atoms with Gasteiger partial charge in [0.15, 0.2) is 10.3 Å². The highest BCUT2D eigenvalue weighted by atomic mass is 32.1. The van der Waals surface area contributed by atoms with Gasteiger partial charge in [-0.05, 0) is 37.1 Å². The van der Waals surface area contributed by atoms with Crippen molar-refractivity contribution < 1.29 is 0 Å². The van der Waals surface area contributed by atoms with Crippen molar-refractivity contribution in [3.05, 3.63) is 71.2 Å². The molecule has 0 bridgehead atoms. The van der Waals surface area contributed by atoms with Gasteiger partial charge in [0.1, 0.15) is 0 Å². The molecule has 0 unspecified atom stereocenters. The molecule has 0 aromatic carbocycles. The fourth-order valence-electron chi connectivity index (χ4n) is 4.31. The van der Waals surface area contributed by atoms with Gasteiger partial charge in [-0.3, -0.25) is 14.0 Å². The van der Waals surface area contributed by atoms with Crippen LogP contribution in [0.4, 0.5) is 0 Å². The van der Waals surface area contributed by atoms with Gasteiger partial charge in [-0.2, -0.15) is 0 Å². The fraction of sp³-hybridized carbons (Fsp3) is 0.364. The summed E-state index contributed by atoms with van der Waals surface area (Å²) in [5.41, 5.74) is 2.61. The van der Waals surface area contributed by atoms with Gasteiger partial charge in [-0.25, -0.2) is 9.97 Å². The molecule has 4 heterocycles. The molecule has 7 heteroatoms. The van der Waals surface area contributed by atoms with Crippen molar-refractivity contribution in [2.24, 2.45) is 0 Å². The van der Waals surface area contributed by atoms with Gasteiger partial charge < -0.3 is 0 Å². The summed E-state index contributed by atoms with van der Waals surface area (Å²) >= 11 is 3.37. The van der Waals surface area contributed by atoms with Gasteiger partial charge in [0.25, 0.3) is 0 Å². The zero-order valence-electron chi connectivity index (χ0n) is 16.4. The molecule has 0 saturated heterocycles. The van der Waals surface area contributed by atoms with Gasteiger partial charge in [-0.1, -0.05) is 19.3 Å². The summed E-state index contributed by atoms with van der Waals surface area (Å²) in [7, 11) is 0. The molecule has 150 valence electrons. The Morgan fingerprint density at radius 1 is 0.828 bits per heavy atom. The van der Waals surface area contributed by atoms with E-state index in [0.29, 0.717) is 6.04 Å². The third-order valence-corrected chi connectivity index (χ3v) is 7.28. The summed E-state index contributed by atoms with van der Waals surface area (Å²) in [4.78, 5) is 11.7. The number of aromatic nitrogens is 4.